The van der Waals surface area contributed by atoms with Gasteiger partial charge in [0.2, 0.25) is 5.91 Å². The molecule has 0 bridgehead atoms. The van der Waals surface area contributed by atoms with Crippen LogP contribution < -0.4 is 0 Å². The number of amides is 1. The molecule has 1 aliphatic carbocycles. The number of hydrogen-bond donors (Lipinski definition) is 0. The van der Waals surface area contributed by atoms with Gasteiger partial charge in [-0.1, -0.05) is 0 Å². The van der Waals surface area contributed by atoms with Gasteiger partial charge in [0.25, 0.3) is 0 Å². The molecule has 4 rings (SSSR count). The summed E-state index contributed by atoms with van der Waals surface area (Å²) in [5.41, 5.74) is 3.95. The molecule has 24 heavy (non-hydrogen) atoms. The molecule has 130 valence electrons. The molecule has 1 spiro atoms. The van der Waals surface area contributed by atoms with Gasteiger partial charge in [-0.25, -0.2) is 9.97 Å². The minimum atomic E-state index is 0.209. The molecular weight excluding hydrogens is 302 g/mol. The molecule has 3 aliphatic rings. The molecular formula is C19H27N3O2. The number of hydrogen-bond acceptors (Lipinski definition) is 4. The van der Waals surface area contributed by atoms with E-state index < -0.39 is 0 Å². The van der Waals surface area contributed by atoms with E-state index in [9.17, 15) is 4.79 Å². The largest absolute Gasteiger partial charge is 0.381 e. The minimum absolute atomic E-state index is 0.209. The van der Waals surface area contributed by atoms with E-state index in [1.54, 1.807) is 0 Å². The van der Waals surface area contributed by atoms with Crippen LogP contribution in [0.4, 0.5) is 0 Å². The van der Waals surface area contributed by atoms with E-state index in [0.29, 0.717) is 6.42 Å². The lowest BCUT2D eigenvalue weighted by molar-refractivity contribution is -0.137. The summed E-state index contributed by atoms with van der Waals surface area (Å²) >= 11 is 0. The maximum absolute atomic E-state index is 12.3. The zero-order chi connectivity index (χ0) is 16.6. The number of aryl methyl sites for hydroxylation is 2. The molecule has 5 heteroatoms. The van der Waals surface area contributed by atoms with Crippen LogP contribution >= 0.6 is 0 Å². The third-order valence-corrected chi connectivity index (χ3v) is 5.97. The van der Waals surface area contributed by atoms with Crippen LogP contribution in [0, 0.1) is 12.3 Å². The summed E-state index contributed by atoms with van der Waals surface area (Å²) in [6, 6.07) is 0. The lowest BCUT2D eigenvalue weighted by Crippen LogP contribution is -2.47. The molecule has 1 aromatic rings. The molecule has 0 saturated carbocycles. The fourth-order valence-electron chi connectivity index (χ4n) is 4.47. The van der Waals surface area contributed by atoms with Gasteiger partial charge in [0, 0.05) is 49.3 Å². The fourth-order valence-corrected chi connectivity index (χ4v) is 4.47. The highest BCUT2D eigenvalue weighted by Crippen LogP contribution is 2.38. The number of fused-ring (bicyclic) bond motifs is 1. The Hall–Kier alpha value is -1.49. The van der Waals surface area contributed by atoms with Gasteiger partial charge >= 0.3 is 0 Å². The van der Waals surface area contributed by atoms with Crippen molar-refractivity contribution in [2.75, 3.05) is 26.3 Å². The summed E-state index contributed by atoms with van der Waals surface area (Å²) in [5, 5.41) is 0. The zero-order valence-electron chi connectivity index (χ0n) is 14.6. The molecule has 1 aromatic heterocycles. The van der Waals surface area contributed by atoms with Crippen molar-refractivity contribution in [2.45, 2.75) is 58.3 Å². The van der Waals surface area contributed by atoms with E-state index in [4.69, 9.17) is 14.7 Å². The van der Waals surface area contributed by atoms with Gasteiger partial charge < -0.3 is 9.64 Å². The first-order valence-electron chi connectivity index (χ1n) is 9.36. The van der Waals surface area contributed by atoms with Crippen molar-refractivity contribution >= 4 is 5.91 Å². The van der Waals surface area contributed by atoms with Gasteiger partial charge in [-0.3, -0.25) is 4.79 Å². The predicted molar refractivity (Wildman–Crippen MR) is 90.8 cm³/mol. The monoisotopic (exact) mass is 329 g/mol. The van der Waals surface area contributed by atoms with E-state index in [-0.39, 0.29) is 11.3 Å². The van der Waals surface area contributed by atoms with Crippen molar-refractivity contribution in [1.29, 1.82) is 0 Å². The van der Waals surface area contributed by atoms with Crippen LogP contribution in [0.5, 0.6) is 0 Å². The first-order chi connectivity index (χ1) is 11.7. The second-order valence-electron chi connectivity index (χ2n) is 7.73. The maximum atomic E-state index is 12.3. The molecule has 5 nitrogen and oxygen atoms in total. The van der Waals surface area contributed by atoms with Crippen molar-refractivity contribution < 1.29 is 9.53 Å². The number of likely N-dealkylation sites (tertiary alicyclic amines) is 1. The number of carbonyl (C=O) groups excluding carboxylic acids is 1. The SMILES string of the molecule is Cc1nc(CCN2C[C@]3(CCOC3)CCC2=O)nc2c1CCCC2. The Morgan fingerprint density at radius 3 is 2.88 bits per heavy atom. The Bertz CT molecular complexity index is 638. The lowest BCUT2D eigenvalue weighted by Gasteiger charge is -2.39. The Labute approximate surface area is 143 Å². The second kappa shape index (κ2) is 6.43. The van der Waals surface area contributed by atoms with Crippen molar-refractivity contribution in [2.24, 2.45) is 5.41 Å². The van der Waals surface area contributed by atoms with Crippen LogP contribution in [0.3, 0.4) is 0 Å². The summed E-state index contributed by atoms with van der Waals surface area (Å²) < 4.78 is 5.60. The number of nitrogens with zero attached hydrogens (tertiary/aromatic N) is 3. The minimum Gasteiger partial charge on any atom is -0.381 e. The summed E-state index contributed by atoms with van der Waals surface area (Å²) in [6.07, 6.45) is 8.18. The number of carbonyl (C=O) groups is 1. The summed E-state index contributed by atoms with van der Waals surface area (Å²) in [7, 11) is 0. The van der Waals surface area contributed by atoms with E-state index >= 15 is 0 Å². The fraction of sp³-hybridized carbons (Fsp3) is 0.737. The highest BCUT2D eigenvalue weighted by molar-refractivity contribution is 5.77. The molecule has 2 fully saturated rings. The Morgan fingerprint density at radius 1 is 1.17 bits per heavy atom. The number of ether oxygens (including phenoxy) is 1. The van der Waals surface area contributed by atoms with Crippen molar-refractivity contribution in [3.8, 4) is 0 Å². The van der Waals surface area contributed by atoms with Gasteiger partial charge in [0.15, 0.2) is 0 Å². The Morgan fingerprint density at radius 2 is 2.04 bits per heavy atom. The topological polar surface area (TPSA) is 55.3 Å². The van der Waals surface area contributed by atoms with E-state index in [1.165, 1.54) is 24.1 Å². The van der Waals surface area contributed by atoms with Crippen LogP contribution in [0.1, 0.15) is 54.9 Å². The average Bonchev–Trinajstić information content (AvgIpc) is 3.04. The highest BCUT2D eigenvalue weighted by atomic mass is 16.5. The zero-order valence-corrected chi connectivity index (χ0v) is 14.6. The van der Waals surface area contributed by atoms with Crippen molar-refractivity contribution in [1.82, 2.24) is 14.9 Å². The first kappa shape index (κ1) is 16.0. The van der Waals surface area contributed by atoms with E-state index in [1.807, 2.05) is 4.90 Å². The highest BCUT2D eigenvalue weighted by Gasteiger charge is 2.41. The summed E-state index contributed by atoms with van der Waals surface area (Å²) in [5.74, 6) is 1.19. The van der Waals surface area contributed by atoms with Gasteiger partial charge in [0.1, 0.15) is 5.82 Å². The molecule has 0 unspecified atom stereocenters. The van der Waals surface area contributed by atoms with E-state index in [2.05, 4.69) is 6.92 Å². The molecule has 0 radical (unpaired) electrons. The Balaban J connectivity index is 1.44. The van der Waals surface area contributed by atoms with Gasteiger partial charge in [0.05, 0.1) is 6.61 Å². The lowest BCUT2D eigenvalue weighted by atomic mass is 9.79. The standard InChI is InChI=1S/C19H27N3O2/c1-14-15-4-2-3-5-16(15)21-17(20-14)7-10-22-12-19(8-6-18(22)23)9-11-24-13-19/h2-13H2,1H3/t19-/m1/s1. The third-order valence-electron chi connectivity index (χ3n) is 5.97. The van der Waals surface area contributed by atoms with Gasteiger partial charge in [-0.05, 0) is 51.0 Å². The first-order valence-corrected chi connectivity index (χ1v) is 9.36. The molecule has 2 aliphatic heterocycles. The van der Waals surface area contributed by atoms with Gasteiger partial charge in [-0.15, -0.1) is 0 Å². The normalized spacial score (nSPS) is 26.9. The van der Waals surface area contributed by atoms with Crippen LogP contribution in [-0.2, 0) is 28.8 Å². The van der Waals surface area contributed by atoms with Crippen molar-refractivity contribution in [3.63, 3.8) is 0 Å². The molecule has 3 heterocycles. The van der Waals surface area contributed by atoms with Crippen LogP contribution in [0.25, 0.3) is 0 Å². The van der Waals surface area contributed by atoms with Gasteiger partial charge in [-0.2, -0.15) is 0 Å². The third kappa shape index (κ3) is 3.06. The Kier molecular flexibility index (Phi) is 4.29. The predicted octanol–water partition coefficient (Wildman–Crippen LogP) is 2.24. The van der Waals surface area contributed by atoms with Crippen LogP contribution in [0.15, 0.2) is 0 Å². The molecule has 1 amide bonds. The average molecular weight is 329 g/mol. The van der Waals surface area contributed by atoms with Crippen LogP contribution in [0.2, 0.25) is 0 Å². The number of piperidine rings is 1. The molecule has 1 atom stereocenters. The molecule has 0 aromatic carbocycles. The quantitative estimate of drug-likeness (QED) is 0.853. The number of aromatic nitrogens is 2. The molecule has 0 N–H and O–H groups in total. The smallest absolute Gasteiger partial charge is 0.222 e. The van der Waals surface area contributed by atoms with Crippen LogP contribution in [-0.4, -0.2) is 47.1 Å². The number of rotatable bonds is 3. The van der Waals surface area contributed by atoms with Crippen molar-refractivity contribution in [3.05, 3.63) is 22.8 Å². The summed E-state index contributed by atoms with van der Waals surface area (Å²) in [4.78, 5) is 23.8. The second-order valence-corrected chi connectivity index (χ2v) is 7.73. The maximum Gasteiger partial charge on any atom is 0.222 e. The summed E-state index contributed by atoms with van der Waals surface area (Å²) in [6.45, 7) is 5.33. The van der Waals surface area contributed by atoms with E-state index in [0.717, 1.165) is 69.9 Å². The molecule has 2 saturated heterocycles.